The van der Waals surface area contributed by atoms with Gasteiger partial charge in [0.2, 0.25) is 0 Å². The summed E-state index contributed by atoms with van der Waals surface area (Å²) >= 11 is 0. The van der Waals surface area contributed by atoms with E-state index < -0.39 is 22.0 Å². The molecule has 7 nitrogen and oxygen atoms in total. The summed E-state index contributed by atoms with van der Waals surface area (Å²) in [6.07, 6.45) is 2.36. The molecule has 3 aliphatic rings. The first kappa shape index (κ1) is 16.4. The molecule has 0 saturated heterocycles. The summed E-state index contributed by atoms with van der Waals surface area (Å²) in [7, 11) is 0. The van der Waals surface area contributed by atoms with Gasteiger partial charge in [-0.25, -0.2) is 0 Å². The quantitative estimate of drug-likeness (QED) is 0.637. The fraction of sp³-hybridized carbons (Fsp3) is 0.350. The van der Waals surface area contributed by atoms with Gasteiger partial charge >= 0.3 is 0 Å². The number of ether oxygens (including phenoxy) is 1. The predicted octanol–water partition coefficient (Wildman–Crippen LogP) is 2.70. The van der Waals surface area contributed by atoms with Gasteiger partial charge in [-0.1, -0.05) is 31.2 Å². The zero-order chi connectivity index (χ0) is 19.1. The number of hydrogen-bond acceptors (Lipinski definition) is 6. The zero-order valence-corrected chi connectivity index (χ0v) is 14.6. The van der Waals surface area contributed by atoms with Gasteiger partial charge in [0.1, 0.15) is 11.3 Å². The Bertz CT molecular complexity index is 1030. The average Bonchev–Trinajstić information content (AvgIpc) is 3.44. The smallest absolute Gasteiger partial charge is 0.280 e. The van der Waals surface area contributed by atoms with Crippen LogP contribution in [0.15, 0.2) is 36.4 Å². The second-order valence-corrected chi connectivity index (χ2v) is 7.72. The van der Waals surface area contributed by atoms with E-state index >= 15 is 0 Å². The zero-order valence-electron chi connectivity index (χ0n) is 14.6. The molecule has 2 aliphatic carbocycles. The summed E-state index contributed by atoms with van der Waals surface area (Å²) in [6, 6.07) is 9.48. The van der Waals surface area contributed by atoms with Gasteiger partial charge in [0.25, 0.3) is 11.5 Å². The average molecular weight is 366 g/mol. The lowest BCUT2D eigenvalue weighted by molar-refractivity contribution is -0.388. The Kier molecular flexibility index (Phi) is 3.00. The predicted molar refractivity (Wildman–Crippen MR) is 95.4 cm³/mol. The summed E-state index contributed by atoms with van der Waals surface area (Å²) in [4.78, 5) is 23.9. The van der Waals surface area contributed by atoms with E-state index in [2.05, 4.69) is 6.92 Å². The Morgan fingerprint density at radius 3 is 2.74 bits per heavy atom. The Morgan fingerprint density at radius 2 is 2.07 bits per heavy atom. The first-order valence-corrected chi connectivity index (χ1v) is 8.96. The van der Waals surface area contributed by atoms with Gasteiger partial charge < -0.3 is 15.6 Å². The largest absolute Gasteiger partial charge is 0.455 e. The number of rotatable bonds is 3. The molecule has 0 spiro atoms. The van der Waals surface area contributed by atoms with Crippen molar-refractivity contribution in [1.82, 2.24) is 0 Å². The van der Waals surface area contributed by atoms with Crippen LogP contribution in [-0.4, -0.2) is 15.8 Å². The monoisotopic (exact) mass is 366 g/mol. The lowest BCUT2D eigenvalue weighted by Gasteiger charge is -2.29. The number of Topliss-reactive ketones (excluding diaryl/α,β-unsaturated/α-hetero) is 1. The minimum Gasteiger partial charge on any atom is -0.455 e. The molecule has 7 heteroatoms. The van der Waals surface area contributed by atoms with Crippen LogP contribution in [0.4, 0.5) is 5.69 Å². The van der Waals surface area contributed by atoms with Crippen molar-refractivity contribution in [3.8, 4) is 5.75 Å². The number of nitro benzene ring substituents is 1. The number of fused-ring (bicyclic) bond motifs is 5. The third-order valence-electron chi connectivity index (χ3n) is 6.26. The number of nitro groups is 1. The number of ketones is 1. The van der Waals surface area contributed by atoms with E-state index in [1.165, 1.54) is 31.0 Å². The number of aliphatic hydroxyl groups is 1. The van der Waals surface area contributed by atoms with E-state index in [1.54, 1.807) is 12.1 Å². The molecular weight excluding hydrogens is 348 g/mol. The highest BCUT2D eigenvalue weighted by atomic mass is 16.6. The molecular formula is C20H18N2O5. The van der Waals surface area contributed by atoms with Crippen molar-refractivity contribution in [3.05, 3.63) is 68.8 Å². The van der Waals surface area contributed by atoms with Crippen molar-refractivity contribution < 1.29 is 19.6 Å². The van der Waals surface area contributed by atoms with Crippen LogP contribution >= 0.6 is 0 Å². The molecule has 3 N–H and O–H groups in total. The maximum Gasteiger partial charge on any atom is 0.280 e. The first-order chi connectivity index (χ1) is 12.8. The Balaban J connectivity index is 1.70. The molecule has 0 bridgehead atoms. The summed E-state index contributed by atoms with van der Waals surface area (Å²) < 4.78 is 5.81. The third-order valence-corrected chi connectivity index (χ3v) is 6.26. The SMILES string of the molecule is C[C@@H](c1ccc2c(c1)OC1(O)c3c(cccc3[N+](=O)[O-])C(=O)C21N)C1CC1. The van der Waals surface area contributed by atoms with Gasteiger partial charge in [0.05, 0.1) is 4.92 Å². The van der Waals surface area contributed by atoms with Crippen LogP contribution in [0.5, 0.6) is 5.75 Å². The lowest BCUT2D eigenvalue weighted by atomic mass is 9.83. The maximum atomic E-state index is 13.1. The molecule has 27 heavy (non-hydrogen) atoms. The fourth-order valence-electron chi connectivity index (χ4n) is 4.50. The fourth-order valence-corrected chi connectivity index (χ4v) is 4.50. The standard InChI is InChI=1S/C20H18N2O5/c1-10(11-5-6-11)12-7-8-14-16(9-12)27-20(24)17-13(18(23)19(14,20)21)3-2-4-15(17)22(25)26/h2-4,7-11,24H,5-6,21H2,1H3/t10-,19?,20?/m1/s1. The Hall–Kier alpha value is -2.77. The van der Waals surface area contributed by atoms with Gasteiger partial charge in [-0.15, -0.1) is 0 Å². The van der Waals surface area contributed by atoms with Crippen LogP contribution < -0.4 is 10.5 Å². The van der Waals surface area contributed by atoms with Crippen LogP contribution in [0.1, 0.15) is 52.7 Å². The highest BCUT2D eigenvalue weighted by Gasteiger charge is 2.71. The normalized spacial score (nSPS) is 28.9. The van der Waals surface area contributed by atoms with E-state index in [-0.39, 0.29) is 16.8 Å². The molecule has 1 aliphatic heterocycles. The molecule has 138 valence electrons. The number of hydrogen-bond donors (Lipinski definition) is 2. The van der Waals surface area contributed by atoms with E-state index in [0.29, 0.717) is 23.1 Å². The van der Waals surface area contributed by atoms with E-state index in [0.717, 1.165) is 5.56 Å². The molecule has 0 aromatic heterocycles. The summed E-state index contributed by atoms with van der Waals surface area (Å²) in [5.74, 6) is -1.61. The minimum atomic E-state index is -2.30. The van der Waals surface area contributed by atoms with Crippen LogP contribution in [-0.2, 0) is 11.3 Å². The van der Waals surface area contributed by atoms with Crippen LogP contribution in [0.2, 0.25) is 0 Å². The van der Waals surface area contributed by atoms with Gasteiger partial charge in [-0.3, -0.25) is 14.9 Å². The maximum absolute atomic E-state index is 13.1. The highest BCUT2D eigenvalue weighted by Crippen LogP contribution is 2.59. The molecule has 2 unspecified atom stereocenters. The topological polar surface area (TPSA) is 116 Å². The van der Waals surface area contributed by atoms with Crippen LogP contribution in [0.25, 0.3) is 0 Å². The number of carbonyl (C=O) groups excluding carboxylic acids is 1. The summed E-state index contributed by atoms with van der Waals surface area (Å²) in [6.45, 7) is 2.13. The molecule has 1 heterocycles. The van der Waals surface area contributed by atoms with E-state index in [9.17, 15) is 20.0 Å². The van der Waals surface area contributed by atoms with Crippen molar-refractivity contribution in [2.75, 3.05) is 0 Å². The number of nitrogens with two attached hydrogens (primary N) is 1. The molecule has 1 fully saturated rings. The summed E-state index contributed by atoms with van der Waals surface area (Å²) in [5.41, 5.74) is 5.39. The van der Waals surface area contributed by atoms with Crippen LogP contribution in [0.3, 0.4) is 0 Å². The molecule has 2 aromatic rings. The lowest BCUT2D eigenvalue weighted by Crippen LogP contribution is -2.55. The van der Waals surface area contributed by atoms with Crippen molar-refractivity contribution in [2.24, 2.45) is 11.7 Å². The Labute approximate surface area is 154 Å². The van der Waals surface area contributed by atoms with Gasteiger partial charge in [0, 0.05) is 17.2 Å². The van der Waals surface area contributed by atoms with Crippen molar-refractivity contribution in [3.63, 3.8) is 0 Å². The van der Waals surface area contributed by atoms with Gasteiger partial charge in [-0.2, -0.15) is 0 Å². The second-order valence-electron chi connectivity index (χ2n) is 7.72. The number of nitrogens with zero attached hydrogens (tertiary/aromatic N) is 1. The van der Waals surface area contributed by atoms with Crippen LogP contribution in [0, 0.1) is 16.0 Å². The minimum absolute atomic E-state index is 0.0234. The summed E-state index contributed by atoms with van der Waals surface area (Å²) in [5, 5.41) is 22.8. The van der Waals surface area contributed by atoms with E-state index in [4.69, 9.17) is 10.5 Å². The molecule has 5 rings (SSSR count). The van der Waals surface area contributed by atoms with Crippen molar-refractivity contribution in [2.45, 2.75) is 37.0 Å². The third kappa shape index (κ3) is 1.85. The van der Waals surface area contributed by atoms with Gasteiger partial charge in [-0.05, 0) is 36.3 Å². The first-order valence-electron chi connectivity index (χ1n) is 8.96. The molecule has 0 amide bonds. The second kappa shape index (κ2) is 4.94. The highest BCUT2D eigenvalue weighted by molar-refractivity contribution is 6.11. The Morgan fingerprint density at radius 1 is 1.33 bits per heavy atom. The number of carbonyl (C=O) groups is 1. The molecule has 0 radical (unpaired) electrons. The van der Waals surface area contributed by atoms with E-state index in [1.807, 2.05) is 6.07 Å². The van der Waals surface area contributed by atoms with Crippen molar-refractivity contribution in [1.29, 1.82) is 0 Å². The number of benzene rings is 2. The molecule has 3 atom stereocenters. The van der Waals surface area contributed by atoms with Crippen molar-refractivity contribution >= 4 is 11.5 Å². The molecule has 1 saturated carbocycles. The molecule has 2 aromatic carbocycles. The van der Waals surface area contributed by atoms with Gasteiger partial charge in [0.15, 0.2) is 11.3 Å².